The molecule has 3 rings (SSSR count). The van der Waals surface area contributed by atoms with Gasteiger partial charge in [0.25, 0.3) is 0 Å². The van der Waals surface area contributed by atoms with Crippen LogP contribution in [0.15, 0.2) is 24.3 Å². The molecule has 21 heavy (non-hydrogen) atoms. The van der Waals surface area contributed by atoms with Gasteiger partial charge in [-0.15, -0.1) is 11.3 Å². The molecule has 2 nitrogen and oxygen atoms in total. The van der Waals surface area contributed by atoms with Crippen molar-refractivity contribution < 1.29 is 4.74 Å². The van der Waals surface area contributed by atoms with E-state index >= 15 is 0 Å². The van der Waals surface area contributed by atoms with E-state index in [0.717, 1.165) is 26.2 Å². The minimum atomic E-state index is 0.299. The van der Waals surface area contributed by atoms with Gasteiger partial charge in [0.1, 0.15) is 0 Å². The third-order valence-electron chi connectivity index (χ3n) is 4.15. The Morgan fingerprint density at radius 2 is 2.00 bits per heavy atom. The van der Waals surface area contributed by atoms with Crippen LogP contribution in [0.2, 0.25) is 0 Å². The van der Waals surface area contributed by atoms with E-state index in [1.807, 2.05) is 11.3 Å². The van der Waals surface area contributed by atoms with Gasteiger partial charge in [-0.05, 0) is 55.1 Å². The van der Waals surface area contributed by atoms with Crippen molar-refractivity contribution in [1.82, 2.24) is 5.32 Å². The molecule has 1 aromatic heterocycles. The molecule has 2 aromatic rings. The number of rotatable bonds is 5. The van der Waals surface area contributed by atoms with Crippen LogP contribution in [-0.2, 0) is 18.0 Å². The maximum absolute atomic E-state index is 5.54. The van der Waals surface area contributed by atoms with Gasteiger partial charge in [0.05, 0.1) is 19.3 Å². The molecule has 0 radical (unpaired) electrons. The van der Waals surface area contributed by atoms with Crippen LogP contribution < -0.4 is 5.32 Å². The third kappa shape index (κ3) is 3.05. The molecule has 0 spiro atoms. The molecule has 0 bridgehead atoms. The summed E-state index contributed by atoms with van der Waals surface area (Å²) < 4.78 is 5.54. The van der Waals surface area contributed by atoms with Crippen molar-refractivity contribution in [3.8, 4) is 0 Å². The highest BCUT2D eigenvalue weighted by atomic mass is 32.1. The monoisotopic (exact) mass is 301 g/mol. The number of fused-ring (bicyclic) bond motifs is 1. The Kier molecular flexibility index (Phi) is 4.43. The predicted octanol–water partition coefficient (Wildman–Crippen LogP) is 4.48. The van der Waals surface area contributed by atoms with Crippen molar-refractivity contribution in [2.45, 2.75) is 46.4 Å². The summed E-state index contributed by atoms with van der Waals surface area (Å²) in [6.45, 7) is 9.17. The summed E-state index contributed by atoms with van der Waals surface area (Å²) in [5, 5.41) is 3.70. The van der Waals surface area contributed by atoms with Gasteiger partial charge >= 0.3 is 0 Å². The average molecular weight is 301 g/mol. The lowest BCUT2D eigenvalue weighted by atomic mass is 9.99. The van der Waals surface area contributed by atoms with Crippen molar-refractivity contribution in [1.29, 1.82) is 0 Å². The van der Waals surface area contributed by atoms with Crippen molar-refractivity contribution >= 4 is 11.3 Å². The summed E-state index contributed by atoms with van der Waals surface area (Å²) in [7, 11) is 0. The molecule has 0 aliphatic carbocycles. The second-order valence-corrected chi connectivity index (χ2v) is 7.08. The quantitative estimate of drug-likeness (QED) is 0.879. The number of ether oxygens (including phenoxy) is 1. The average Bonchev–Trinajstić information content (AvgIpc) is 3.06. The van der Waals surface area contributed by atoms with Crippen LogP contribution in [-0.4, -0.2) is 6.54 Å². The van der Waals surface area contributed by atoms with E-state index in [1.165, 1.54) is 32.0 Å². The van der Waals surface area contributed by atoms with Crippen LogP contribution in [0.1, 0.15) is 51.4 Å². The van der Waals surface area contributed by atoms with Crippen molar-refractivity contribution in [3.05, 3.63) is 56.3 Å². The Morgan fingerprint density at radius 3 is 2.71 bits per heavy atom. The maximum Gasteiger partial charge on any atom is 0.0725 e. The highest BCUT2D eigenvalue weighted by Crippen LogP contribution is 2.32. The number of aryl methyl sites for hydroxylation is 2. The topological polar surface area (TPSA) is 21.3 Å². The number of nitrogens with one attached hydrogen (secondary N) is 1. The summed E-state index contributed by atoms with van der Waals surface area (Å²) in [5.41, 5.74) is 5.43. The van der Waals surface area contributed by atoms with Gasteiger partial charge in [-0.1, -0.05) is 25.1 Å². The van der Waals surface area contributed by atoms with Crippen LogP contribution >= 0.6 is 11.3 Å². The molecule has 2 heterocycles. The zero-order valence-corrected chi connectivity index (χ0v) is 13.8. The van der Waals surface area contributed by atoms with Gasteiger partial charge in [-0.25, -0.2) is 0 Å². The standard InChI is InChI=1S/C18H23NOS/c1-4-7-19-18(17-8-12(2)13(3)21-17)14-5-6-15-10-20-11-16(15)9-14/h5-6,8-9,18-19H,4,7,10-11H2,1-3H3. The van der Waals surface area contributed by atoms with Crippen LogP contribution in [0, 0.1) is 13.8 Å². The van der Waals surface area contributed by atoms with Crippen LogP contribution in [0.25, 0.3) is 0 Å². The fraction of sp³-hybridized carbons (Fsp3) is 0.444. The van der Waals surface area contributed by atoms with E-state index < -0.39 is 0 Å². The first-order valence-corrected chi connectivity index (χ1v) is 8.50. The second kappa shape index (κ2) is 6.30. The predicted molar refractivity (Wildman–Crippen MR) is 88.9 cm³/mol. The van der Waals surface area contributed by atoms with E-state index in [0.29, 0.717) is 6.04 Å². The minimum Gasteiger partial charge on any atom is -0.372 e. The fourth-order valence-electron chi connectivity index (χ4n) is 2.79. The SMILES string of the molecule is CCCNC(c1ccc2c(c1)COC2)c1cc(C)c(C)s1. The van der Waals surface area contributed by atoms with E-state index in [9.17, 15) is 0 Å². The van der Waals surface area contributed by atoms with Crippen LogP contribution in [0.3, 0.4) is 0 Å². The lowest BCUT2D eigenvalue weighted by molar-refractivity contribution is 0.134. The maximum atomic E-state index is 5.54. The van der Waals surface area contributed by atoms with Gasteiger partial charge in [0.2, 0.25) is 0 Å². The van der Waals surface area contributed by atoms with E-state index in [4.69, 9.17) is 4.74 Å². The first-order chi connectivity index (χ1) is 10.2. The summed E-state index contributed by atoms with van der Waals surface area (Å²) >= 11 is 1.91. The summed E-state index contributed by atoms with van der Waals surface area (Å²) in [6.07, 6.45) is 1.15. The lowest BCUT2D eigenvalue weighted by Gasteiger charge is -2.18. The highest BCUT2D eigenvalue weighted by molar-refractivity contribution is 7.12. The summed E-state index contributed by atoms with van der Waals surface area (Å²) in [6, 6.07) is 9.43. The summed E-state index contributed by atoms with van der Waals surface area (Å²) in [4.78, 5) is 2.83. The molecule has 1 aliphatic rings. The molecule has 3 heteroatoms. The number of benzene rings is 1. The van der Waals surface area contributed by atoms with Gasteiger partial charge < -0.3 is 10.1 Å². The first-order valence-electron chi connectivity index (χ1n) is 7.68. The molecule has 0 saturated heterocycles. The number of thiophene rings is 1. The summed E-state index contributed by atoms with van der Waals surface area (Å²) in [5.74, 6) is 0. The van der Waals surface area contributed by atoms with Crippen molar-refractivity contribution in [3.63, 3.8) is 0 Å². The van der Waals surface area contributed by atoms with E-state index in [-0.39, 0.29) is 0 Å². The van der Waals surface area contributed by atoms with E-state index in [2.05, 4.69) is 50.4 Å². The third-order valence-corrected chi connectivity index (χ3v) is 5.36. The largest absolute Gasteiger partial charge is 0.372 e. The minimum absolute atomic E-state index is 0.299. The molecule has 1 unspecified atom stereocenters. The van der Waals surface area contributed by atoms with Crippen molar-refractivity contribution in [2.75, 3.05) is 6.54 Å². The Balaban J connectivity index is 1.95. The molecular weight excluding hydrogens is 278 g/mol. The second-order valence-electron chi connectivity index (χ2n) is 5.80. The smallest absolute Gasteiger partial charge is 0.0725 e. The molecule has 0 amide bonds. The molecule has 112 valence electrons. The highest BCUT2D eigenvalue weighted by Gasteiger charge is 2.19. The van der Waals surface area contributed by atoms with Gasteiger partial charge in [0, 0.05) is 9.75 Å². The molecule has 1 N–H and O–H groups in total. The van der Waals surface area contributed by atoms with Crippen LogP contribution in [0.4, 0.5) is 0 Å². The molecular formula is C18H23NOS. The number of hydrogen-bond donors (Lipinski definition) is 1. The lowest BCUT2D eigenvalue weighted by Crippen LogP contribution is -2.22. The Labute approximate surface area is 131 Å². The van der Waals surface area contributed by atoms with Crippen LogP contribution in [0.5, 0.6) is 0 Å². The molecule has 1 atom stereocenters. The molecule has 1 aliphatic heterocycles. The van der Waals surface area contributed by atoms with Gasteiger partial charge in [-0.2, -0.15) is 0 Å². The normalized spacial score (nSPS) is 15.2. The van der Waals surface area contributed by atoms with Gasteiger partial charge in [-0.3, -0.25) is 0 Å². The fourth-order valence-corrected chi connectivity index (χ4v) is 3.93. The molecule has 0 fully saturated rings. The molecule has 1 aromatic carbocycles. The Morgan fingerprint density at radius 1 is 1.19 bits per heavy atom. The zero-order chi connectivity index (χ0) is 14.8. The molecule has 0 saturated carbocycles. The Bertz CT molecular complexity index is 613. The van der Waals surface area contributed by atoms with Gasteiger partial charge in [0.15, 0.2) is 0 Å². The zero-order valence-electron chi connectivity index (χ0n) is 13.0. The Hall–Kier alpha value is -1.16. The number of hydrogen-bond acceptors (Lipinski definition) is 3. The van der Waals surface area contributed by atoms with E-state index in [1.54, 1.807) is 0 Å². The van der Waals surface area contributed by atoms with Crippen molar-refractivity contribution in [2.24, 2.45) is 0 Å². The first kappa shape index (κ1) is 14.8.